The highest BCUT2D eigenvalue weighted by molar-refractivity contribution is 5.76. The molecule has 0 aliphatic heterocycles. The van der Waals surface area contributed by atoms with Gasteiger partial charge in [0.25, 0.3) is 0 Å². The van der Waals surface area contributed by atoms with Crippen molar-refractivity contribution in [3.05, 3.63) is 36.6 Å². The van der Waals surface area contributed by atoms with Crippen molar-refractivity contribution in [2.24, 2.45) is 0 Å². The molecule has 1 heterocycles. The number of fused-ring (bicyclic) bond motifs is 1. The molecule has 0 saturated carbocycles. The highest BCUT2D eigenvalue weighted by Crippen LogP contribution is 2.12. The van der Waals surface area contributed by atoms with Gasteiger partial charge in [-0.25, -0.2) is 0 Å². The van der Waals surface area contributed by atoms with Crippen molar-refractivity contribution in [1.29, 1.82) is 0 Å². The van der Waals surface area contributed by atoms with Gasteiger partial charge in [-0.2, -0.15) is 0 Å². The lowest BCUT2D eigenvalue weighted by Gasteiger charge is -1.80. The first-order chi connectivity index (χ1) is 4.47. The van der Waals surface area contributed by atoms with Gasteiger partial charge in [0.05, 0.1) is 6.26 Å². The predicted molar refractivity (Wildman–Crippen MR) is 35.1 cm³/mol. The van der Waals surface area contributed by atoms with Crippen molar-refractivity contribution in [3.8, 4) is 0 Å². The number of hydrogen-bond donors (Lipinski definition) is 0. The third-order valence-corrected chi connectivity index (χ3v) is 1.30. The maximum absolute atomic E-state index is 5.10. The number of furan rings is 1. The van der Waals surface area contributed by atoms with Crippen LogP contribution < -0.4 is 0 Å². The predicted octanol–water partition coefficient (Wildman–Crippen LogP) is 2.23. The Morgan fingerprint density at radius 3 is 3.22 bits per heavy atom. The van der Waals surface area contributed by atoms with E-state index in [2.05, 4.69) is 6.07 Å². The van der Waals surface area contributed by atoms with E-state index in [4.69, 9.17) is 4.42 Å². The van der Waals surface area contributed by atoms with Crippen molar-refractivity contribution >= 4 is 11.0 Å². The van der Waals surface area contributed by atoms with E-state index in [0.717, 1.165) is 11.0 Å². The molecule has 0 saturated heterocycles. The Morgan fingerprint density at radius 2 is 2.33 bits per heavy atom. The molecule has 9 heavy (non-hydrogen) atoms. The summed E-state index contributed by atoms with van der Waals surface area (Å²) >= 11 is 0. The second kappa shape index (κ2) is 1.62. The lowest BCUT2D eigenvalue weighted by atomic mass is 10.3. The number of rotatable bonds is 0. The first-order valence-corrected chi connectivity index (χ1v) is 2.80. The molecular formula is C8H5O. The first-order valence-electron chi connectivity index (χ1n) is 2.80. The zero-order valence-electron chi connectivity index (χ0n) is 4.79. The smallest absolute Gasteiger partial charge is 0.133 e. The summed E-state index contributed by atoms with van der Waals surface area (Å²) in [6.45, 7) is 0. The van der Waals surface area contributed by atoms with Crippen LogP contribution in [0, 0.1) is 6.07 Å². The Morgan fingerprint density at radius 1 is 1.33 bits per heavy atom. The van der Waals surface area contributed by atoms with Crippen LogP contribution in [0.5, 0.6) is 0 Å². The Kier molecular flexibility index (Phi) is 0.833. The van der Waals surface area contributed by atoms with Crippen LogP contribution in [0.25, 0.3) is 11.0 Å². The van der Waals surface area contributed by atoms with Gasteiger partial charge in [-0.3, -0.25) is 0 Å². The van der Waals surface area contributed by atoms with Gasteiger partial charge >= 0.3 is 0 Å². The van der Waals surface area contributed by atoms with Crippen LogP contribution in [-0.4, -0.2) is 0 Å². The fourth-order valence-electron chi connectivity index (χ4n) is 0.847. The Hall–Kier alpha value is -1.24. The molecule has 0 amide bonds. The van der Waals surface area contributed by atoms with Crippen LogP contribution >= 0.6 is 0 Å². The molecule has 1 radical (unpaired) electrons. The van der Waals surface area contributed by atoms with E-state index in [-0.39, 0.29) is 0 Å². The monoisotopic (exact) mass is 117 g/mol. The largest absolute Gasteiger partial charge is 0.464 e. The standard InChI is InChI=1S/C8H5O/c1-2-4-8-7(3-1)5-6-9-8/h2-6H. The molecule has 0 atom stereocenters. The zero-order chi connectivity index (χ0) is 6.10. The van der Waals surface area contributed by atoms with E-state index in [9.17, 15) is 0 Å². The molecular weight excluding hydrogens is 112 g/mol. The zero-order valence-corrected chi connectivity index (χ0v) is 4.79. The summed E-state index contributed by atoms with van der Waals surface area (Å²) in [5.74, 6) is 0. The van der Waals surface area contributed by atoms with E-state index < -0.39 is 0 Å². The summed E-state index contributed by atoms with van der Waals surface area (Å²) in [7, 11) is 0. The van der Waals surface area contributed by atoms with Crippen LogP contribution in [-0.2, 0) is 0 Å². The molecule has 2 rings (SSSR count). The summed E-state index contributed by atoms with van der Waals surface area (Å²) < 4.78 is 5.10. The van der Waals surface area contributed by atoms with Gasteiger partial charge in [0.15, 0.2) is 0 Å². The number of hydrogen-bond acceptors (Lipinski definition) is 1. The average Bonchev–Trinajstić information content (AvgIpc) is 2.33. The van der Waals surface area contributed by atoms with E-state index in [1.54, 1.807) is 6.26 Å². The molecule has 0 unspecified atom stereocenters. The number of benzene rings is 1. The molecule has 0 spiro atoms. The summed E-state index contributed by atoms with van der Waals surface area (Å²) in [5.41, 5.74) is 0.925. The van der Waals surface area contributed by atoms with Crippen molar-refractivity contribution in [3.63, 3.8) is 0 Å². The lowest BCUT2D eigenvalue weighted by molar-refractivity contribution is 0.616. The summed E-state index contributed by atoms with van der Waals surface area (Å²) in [5, 5.41) is 1.11. The summed E-state index contributed by atoms with van der Waals surface area (Å²) in [6, 6.07) is 10.5. The molecule has 1 nitrogen and oxygen atoms in total. The van der Waals surface area contributed by atoms with E-state index in [1.807, 2.05) is 24.3 Å². The third-order valence-electron chi connectivity index (χ3n) is 1.30. The van der Waals surface area contributed by atoms with Crippen molar-refractivity contribution < 1.29 is 4.42 Å². The Balaban J connectivity index is 2.95. The minimum atomic E-state index is 0.925. The van der Waals surface area contributed by atoms with Crippen LogP contribution in [0.4, 0.5) is 0 Å². The van der Waals surface area contributed by atoms with E-state index in [0.29, 0.717) is 0 Å². The van der Waals surface area contributed by atoms with E-state index in [1.165, 1.54) is 0 Å². The molecule has 0 aliphatic carbocycles. The Labute approximate surface area is 52.9 Å². The normalized spacial score (nSPS) is 10.2. The first kappa shape index (κ1) is 4.62. The maximum Gasteiger partial charge on any atom is 0.133 e. The quantitative estimate of drug-likeness (QED) is 0.515. The molecule has 1 heteroatoms. The summed E-state index contributed by atoms with van der Waals surface area (Å²) in [6.07, 6.45) is 1.68. The topological polar surface area (TPSA) is 13.1 Å². The minimum absolute atomic E-state index is 0.925. The fraction of sp³-hybridized carbons (Fsp3) is 0. The average molecular weight is 117 g/mol. The third kappa shape index (κ3) is 0.617. The molecule has 0 N–H and O–H groups in total. The van der Waals surface area contributed by atoms with Crippen molar-refractivity contribution in [2.45, 2.75) is 0 Å². The molecule has 0 fully saturated rings. The summed E-state index contributed by atoms with van der Waals surface area (Å²) in [4.78, 5) is 0. The second-order valence-electron chi connectivity index (χ2n) is 1.88. The maximum atomic E-state index is 5.10. The molecule has 1 aromatic heterocycles. The molecule has 0 bridgehead atoms. The minimum Gasteiger partial charge on any atom is -0.464 e. The molecule has 2 aromatic rings. The van der Waals surface area contributed by atoms with Gasteiger partial charge in [0.1, 0.15) is 5.58 Å². The van der Waals surface area contributed by atoms with Gasteiger partial charge in [-0.1, -0.05) is 6.07 Å². The lowest BCUT2D eigenvalue weighted by Crippen LogP contribution is -1.58. The van der Waals surface area contributed by atoms with Gasteiger partial charge in [0.2, 0.25) is 0 Å². The molecule has 43 valence electrons. The van der Waals surface area contributed by atoms with Gasteiger partial charge in [-0.15, -0.1) is 0 Å². The van der Waals surface area contributed by atoms with Gasteiger partial charge in [0, 0.05) is 5.39 Å². The van der Waals surface area contributed by atoms with Crippen LogP contribution in [0.15, 0.2) is 34.9 Å². The van der Waals surface area contributed by atoms with Crippen LogP contribution in [0.3, 0.4) is 0 Å². The SMILES string of the molecule is [c]1ccc2occc2c1. The van der Waals surface area contributed by atoms with Crippen LogP contribution in [0.2, 0.25) is 0 Å². The highest BCUT2D eigenvalue weighted by atomic mass is 16.3. The Bertz CT molecular complexity index is 279. The molecule has 0 aliphatic rings. The second-order valence-corrected chi connectivity index (χ2v) is 1.88. The van der Waals surface area contributed by atoms with Crippen molar-refractivity contribution in [2.75, 3.05) is 0 Å². The highest BCUT2D eigenvalue weighted by Gasteiger charge is 1.89. The molecule has 1 aromatic carbocycles. The van der Waals surface area contributed by atoms with Gasteiger partial charge in [-0.05, 0) is 24.3 Å². The fourth-order valence-corrected chi connectivity index (χ4v) is 0.847. The van der Waals surface area contributed by atoms with Crippen LogP contribution in [0.1, 0.15) is 0 Å². The van der Waals surface area contributed by atoms with Gasteiger partial charge < -0.3 is 4.42 Å². The van der Waals surface area contributed by atoms with E-state index >= 15 is 0 Å². The van der Waals surface area contributed by atoms with Crippen molar-refractivity contribution in [1.82, 2.24) is 0 Å².